The number of hydrogen-bond acceptors (Lipinski definition) is 6. The van der Waals surface area contributed by atoms with Gasteiger partial charge in [0.1, 0.15) is 0 Å². The summed E-state index contributed by atoms with van der Waals surface area (Å²) >= 11 is 0. The lowest BCUT2D eigenvalue weighted by Crippen LogP contribution is -2.54. The number of methoxy groups -OCH3 is 2. The van der Waals surface area contributed by atoms with Crippen LogP contribution in [0.3, 0.4) is 0 Å². The third-order valence-corrected chi connectivity index (χ3v) is 3.85. The number of carbonyl (C=O) groups is 3. The first kappa shape index (κ1) is 19.6. The van der Waals surface area contributed by atoms with E-state index in [1.165, 1.54) is 31.4 Å². The second-order valence-corrected chi connectivity index (χ2v) is 5.84. The van der Waals surface area contributed by atoms with Gasteiger partial charge in [-0.25, -0.2) is 9.59 Å². The molecule has 0 aliphatic rings. The van der Waals surface area contributed by atoms with E-state index in [-0.39, 0.29) is 17.9 Å². The Morgan fingerprint density at radius 1 is 1.08 bits per heavy atom. The van der Waals surface area contributed by atoms with Crippen LogP contribution in [0.4, 0.5) is 0 Å². The van der Waals surface area contributed by atoms with Crippen molar-refractivity contribution < 1.29 is 34.1 Å². The van der Waals surface area contributed by atoms with E-state index in [9.17, 15) is 19.5 Å². The molecule has 0 aliphatic heterocycles. The van der Waals surface area contributed by atoms with E-state index < -0.39 is 29.4 Å². The zero-order valence-electron chi connectivity index (χ0n) is 14.1. The van der Waals surface area contributed by atoms with Gasteiger partial charge in [-0.2, -0.15) is 0 Å². The fraction of sp³-hybridized carbons (Fsp3) is 0.471. The molecule has 0 aromatic heterocycles. The van der Waals surface area contributed by atoms with Crippen LogP contribution in [0.2, 0.25) is 0 Å². The Hall–Kier alpha value is -2.41. The molecule has 132 valence electrons. The highest BCUT2D eigenvalue weighted by atomic mass is 16.5. The molecule has 0 heterocycles. The Bertz CT molecular complexity index is 606. The number of aromatic carboxylic acids is 1. The normalized spacial score (nSPS) is 14.6. The molecule has 0 aliphatic carbocycles. The van der Waals surface area contributed by atoms with Crippen LogP contribution in [0.25, 0.3) is 0 Å². The lowest BCUT2D eigenvalue weighted by molar-refractivity contribution is -0.181. The maximum atomic E-state index is 12.2. The van der Waals surface area contributed by atoms with Crippen LogP contribution in [-0.2, 0) is 25.5 Å². The fourth-order valence-electron chi connectivity index (χ4n) is 2.71. The second-order valence-electron chi connectivity index (χ2n) is 5.84. The summed E-state index contributed by atoms with van der Waals surface area (Å²) in [5.74, 6) is -4.28. The molecule has 0 fully saturated rings. The van der Waals surface area contributed by atoms with Crippen molar-refractivity contribution >= 4 is 17.9 Å². The van der Waals surface area contributed by atoms with Crippen LogP contribution in [-0.4, -0.2) is 47.9 Å². The Kier molecular flexibility index (Phi) is 6.48. The molecule has 24 heavy (non-hydrogen) atoms. The molecule has 1 aromatic carbocycles. The zero-order chi connectivity index (χ0) is 18.5. The topological polar surface area (TPSA) is 110 Å². The average molecular weight is 338 g/mol. The van der Waals surface area contributed by atoms with Crippen LogP contribution in [0, 0.1) is 11.8 Å². The van der Waals surface area contributed by atoms with Crippen molar-refractivity contribution in [1.82, 2.24) is 0 Å². The molecule has 1 rings (SSSR count). The van der Waals surface area contributed by atoms with Gasteiger partial charge >= 0.3 is 17.9 Å². The first-order chi connectivity index (χ1) is 11.2. The number of carboxylic acid groups (broad SMARTS) is 1. The summed E-state index contributed by atoms with van der Waals surface area (Å²) in [7, 11) is 2.30. The first-order valence-corrected chi connectivity index (χ1v) is 7.38. The standard InChI is InChI=1S/C17H22O7/c1-10(2)13(15(20)23-3)17(22,16(21)24-4)9-11-5-7-12(8-6-11)14(18)19/h5-8,10,13,22H,9H2,1-4H3,(H,18,19). The van der Waals surface area contributed by atoms with Crippen molar-refractivity contribution in [3.63, 3.8) is 0 Å². The summed E-state index contributed by atoms with van der Waals surface area (Å²) < 4.78 is 9.40. The highest BCUT2D eigenvalue weighted by molar-refractivity contribution is 5.89. The lowest BCUT2D eigenvalue weighted by Gasteiger charge is -2.34. The highest BCUT2D eigenvalue weighted by Crippen LogP contribution is 2.31. The molecule has 0 radical (unpaired) electrons. The Labute approximate surface area is 140 Å². The van der Waals surface area contributed by atoms with E-state index >= 15 is 0 Å². The maximum absolute atomic E-state index is 12.2. The summed E-state index contributed by atoms with van der Waals surface area (Å²) in [5, 5.41) is 19.9. The number of benzene rings is 1. The molecule has 2 unspecified atom stereocenters. The van der Waals surface area contributed by atoms with Crippen LogP contribution in [0.5, 0.6) is 0 Å². The second kappa shape index (κ2) is 7.92. The molecular formula is C17H22O7. The van der Waals surface area contributed by atoms with Crippen LogP contribution in [0.15, 0.2) is 24.3 Å². The van der Waals surface area contributed by atoms with E-state index in [0.717, 1.165) is 7.11 Å². The van der Waals surface area contributed by atoms with E-state index in [4.69, 9.17) is 9.84 Å². The van der Waals surface area contributed by atoms with Gasteiger partial charge in [-0.1, -0.05) is 26.0 Å². The molecular weight excluding hydrogens is 316 g/mol. The molecule has 7 heteroatoms. The minimum atomic E-state index is -2.12. The molecule has 0 saturated carbocycles. The quantitative estimate of drug-likeness (QED) is 0.720. The minimum Gasteiger partial charge on any atom is -0.478 e. The van der Waals surface area contributed by atoms with E-state index in [1.807, 2.05) is 0 Å². The predicted molar refractivity (Wildman–Crippen MR) is 84.4 cm³/mol. The summed E-state index contributed by atoms with van der Waals surface area (Å²) in [4.78, 5) is 35.2. The molecule has 0 saturated heterocycles. The number of carbonyl (C=O) groups excluding carboxylic acids is 2. The van der Waals surface area contributed by atoms with Crippen molar-refractivity contribution in [3.8, 4) is 0 Å². The van der Waals surface area contributed by atoms with Crippen molar-refractivity contribution in [3.05, 3.63) is 35.4 Å². The monoisotopic (exact) mass is 338 g/mol. The Balaban J connectivity index is 3.26. The minimum absolute atomic E-state index is 0.0775. The SMILES string of the molecule is COC(=O)C(C(C)C)C(O)(Cc1ccc(C(=O)O)cc1)C(=O)OC. The molecule has 0 bridgehead atoms. The van der Waals surface area contributed by atoms with Gasteiger partial charge in [-0.05, 0) is 23.6 Å². The molecule has 1 aromatic rings. The van der Waals surface area contributed by atoms with Gasteiger partial charge in [0.25, 0.3) is 0 Å². The third-order valence-electron chi connectivity index (χ3n) is 3.85. The van der Waals surface area contributed by atoms with Gasteiger partial charge in [0.15, 0.2) is 5.60 Å². The van der Waals surface area contributed by atoms with Gasteiger partial charge in [-0.3, -0.25) is 4.79 Å². The van der Waals surface area contributed by atoms with Crippen LogP contribution >= 0.6 is 0 Å². The lowest BCUT2D eigenvalue weighted by atomic mass is 9.76. The first-order valence-electron chi connectivity index (χ1n) is 7.38. The molecule has 0 spiro atoms. The van der Waals surface area contributed by atoms with Gasteiger partial charge in [0.2, 0.25) is 0 Å². The fourth-order valence-corrected chi connectivity index (χ4v) is 2.71. The van der Waals surface area contributed by atoms with E-state index in [0.29, 0.717) is 5.56 Å². The summed E-state index contributed by atoms with van der Waals surface area (Å²) in [6.45, 7) is 3.37. The predicted octanol–water partition coefficient (Wildman–Crippen LogP) is 1.28. The van der Waals surface area contributed by atoms with Crippen LogP contribution in [0.1, 0.15) is 29.8 Å². The van der Waals surface area contributed by atoms with Gasteiger partial charge in [0.05, 0.1) is 25.7 Å². The van der Waals surface area contributed by atoms with Crippen LogP contribution < -0.4 is 0 Å². The van der Waals surface area contributed by atoms with Crippen molar-refractivity contribution in [2.45, 2.75) is 25.9 Å². The third kappa shape index (κ3) is 4.11. The van der Waals surface area contributed by atoms with Crippen molar-refractivity contribution in [2.24, 2.45) is 11.8 Å². The van der Waals surface area contributed by atoms with E-state index in [1.54, 1.807) is 13.8 Å². The number of ether oxygens (including phenoxy) is 2. The van der Waals surface area contributed by atoms with Crippen molar-refractivity contribution in [2.75, 3.05) is 14.2 Å². The summed E-state index contributed by atoms with van der Waals surface area (Å²) in [6, 6.07) is 5.67. The highest BCUT2D eigenvalue weighted by Gasteiger charge is 2.51. The van der Waals surface area contributed by atoms with Crippen molar-refractivity contribution in [1.29, 1.82) is 0 Å². The number of rotatable bonds is 7. The van der Waals surface area contributed by atoms with Gasteiger partial charge < -0.3 is 19.7 Å². The van der Waals surface area contributed by atoms with Gasteiger partial charge in [-0.15, -0.1) is 0 Å². The number of hydrogen-bond donors (Lipinski definition) is 2. The molecule has 0 amide bonds. The largest absolute Gasteiger partial charge is 0.478 e. The maximum Gasteiger partial charge on any atom is 0.339 e. The molecule has 7 nitrogen and oxygen atoms in total. The Morgan fingerprint density at radius 2 is 1.62 bits per heavy atom. The number of esters is 2. The van der Waals surface area contributed by atoms with Gasteiger partial charge in [0, 0.05) is 6.42 Å². The number of carboxylic acids is 1. The average Bonchev–Trinajstić information content (AvgIpc) is 2.53. The summed E-state index contributed by atoms with van der Waals surface area (Å²) in [6.07, 6.45) is -0.211. The zero-order valence-corrected chi connectivity index (χ0v) is 14.1. The smallest absolute Gasteiger partial charge is 0.339 e. The summed E-state index contributed by atoms with van der Waals surface area (Å²) in [5.41, 5.74) is -1.56. The Morgan fingerprint density at radius 3 is 2.00 bits per heavy atom. The number of aliphatic hydroxyl groups is 1. The molecule has 2 N–H and O–H groups in total. The molecule has 2 atom stereocenters. The van der Waals surface area contributed by atoms with E-state index in [2.05, 4.69) is 4.74 Å².